The normalized spacial score (nSPS) is 24.4. The van der Waals surface area contributed by atoms with E-state index in [1.165, 1.54) is 46.2 Å². The highest BCUT2D eigenvalue weighted by molar-refractivity contribution is 7.91. The molecule has 8 aliphatic rings. The number of phenols is 1. The van der Waals surface area contributed by atoms with Gasteiger partial charge in [-0.2, -0.15) is 0 Å². The molecule has 10 amide bonds. The second-order valence-electron chi connectivity index (χ2n) is 34.5. The average Bonchev–Trinajstić information content (AvgIpc) is 1.53. The van der Waals surface area contributed by atoms with Crippen LogP contribution in [0.5, 0.6) is 11.5 Å². The van der Waals surface area contributed by atoms with E-state index in [-0.39, 0.29) is 93.1 Å². The minimum Gasteiger partial charge on any atom is -0.508 e. The number of rotatable bonds is 27. The number of sulfone groups is 2. The van der Waals surface area contributed by atoms with Crippen LogP contribution in [0.1, 0.15) is 178 Å². The van der Waals surface area contributed by atoms with Crippen LogP contribution in [0.2, 0.25) is 0 Å². The first kappa shape index (κ1) is 79.4. The van der Waals surface area contributed by atoms with E-state index in [1.807, 2.05) is 78.8 Å². The molecule has 0 aromatic heterocycles. The van der Waals surface area contributed by atoms with Crippen LogP contribution in [0.4, 0.5) is 9.59 Å². The van der Waals surface area contributed by atoms with Crippen molar-refractivity contribution < 1.29 is 74.6 Å². The van der Waals surface area contributed by atoms with Crippen molar-refractivity contribution >= 4 is 78.7 Å². The van der Waals surface area contributed by atoms with Gasteiger partial charge in [-0.15, -0.1) is 0 Å². The summed E-state index contributed by atoms with van der Waals surface area (Å²) in [7, 11) is -7.81. The molecule has 11 rings (SSSR count). The van der Waals surface area contributed by atoms with Crippen LogP contribution in [0.3, 0.4) is 0 Å². The Hall–Kier alpha value is -8.14. The number of phenolic OH excluding ortho intramolecular Hbond substituents is 1. The molecule has 8 fully saturated rings. The van der Waals surface area contributed by atoms with Crippen molar-refractivity contribution in [2.75, 3.05) is 24.6 Å². The molecular formula is C77H108N10O16S2. The van der Waals surface area contributed by atoms with Crippen LogP contribution in [-0.2, 0) is 64.6 Å². The molecule has 6 saturated carbocycles. The van der Waals surface area contributed by atoms with Gasteiger partial charge in [0.15, 0.2) is 19.7 Å². The van der Waals surface area contributed by atoms with E-state index in [0.717, 1.165) is 56.9 Å². The number of benzene rings is 3. The minimum absolute atomic E-state index is 0.0309. The Balaban J connectivity index is 0.000000227. The number of amides is 10. The lowest BCUT2D eigenvalue weighted by atomic mass is 9.83. The summed E-state index contributed by atoms with van der Waals surface area (Å²) in [4.78, 5) is 137. The fourth-order valence-electron chi connectivity index (χ4n) is 16.9. The number of hydrogen-bond donors (Lipinski definition) is 9. The molecular weight excluding hydrogens is 1390 g/mol. The van der Waals surface area contributed by atoms with Crippen LogP contribution in [-0.4, -0.2) is 163 Å². The van der Waals surface area contributed by atoms with E-state index < -0.39 is 137 Å². The highest BCUT2D eigenvalue weighted by Gasteiger charge is 2.71. The number of nitrogens with two attached hydrogens (primary N) is 2. The average molecular weight is 1490 g/mol. The van der Waals surface area contributed by atoms with Crippen LogP contribution >= 0.6 is 0 Å². The first-order chi connectivity index (χ1) is 49.1. The molecule has 11 N–H and O–H groups in total. The number of ketones is 2. The zero-order valence-electron chi connectivity index (χ0n) is 62.2. The summed E-state index contributed by atoms with van der Waals surface area (Å²) in [6, 6.07) is 13.9. The lowest BCUT2D eigenvalue weighted by molar-refractivity contribution is -0.145. The number of piperidine rings is 2. The number of fused-ring (bicyclic) bond motifs is 2. The predicted molar refractivity (Wildman–Crippen MR) is 390 cm³/mol. The standard InChI is InChI=1S/C42H57N5O8S.C35H51N5O8S/c1-40(2,3)35(38(51)47-23-30-32(41(30,4)5)33(47)37(50)44-31(21-26-17-18-26)34(48)36(43)49)45-39(52)46-42(19-10-7-11-20-42)25-56(53,54)29-16-12-15-28(22-29)55-24-27-13-8-6-9-14-27;1-33(2,3)28(38-32(46)39-35(14-7-6-8-15-35)19-49(47,48)22-11-9-10-21(41)17-22)31(45)40-18-23-25(34(23,4)5)26(40)30(44)37-24(16-20-12-13-20)27(42)29(36)43/h6,8-9,12-16,22,26,30-33,35H,7,10-11,17-21,23-25H2,1-5H3,(H2,43,49)(H,44,50)(H2,45,46,52);9-11,17,20,23-26,28,41H,6-8,12-16,18-19H2,1-5H3,(H2,36,43)(H,37,44)(H2,38,39,46)/t30?,31?,32-,33-,35+;23?,24?,25-,26-,28+/m00/s1. The maximum absolute atomic E-state index is 14.6. The van der Waals surface area contributed by atoms with Gasteiger partial charge in [0, 0.05) is 13.1 Å². The second-order valence-corrected chi connectivity index (χ2v) is 38.4. The summed E-state index contributed by atoms with van der Waals surface area (Å²) >= 11 is 0. The van der Waals surface area contributed by atoms with Gasteiger partial charge in [0.1, 0.15) is 42.3 Å². The fraction of sp³-hybridized carbons (Fsp3) is 0.636. The largest absolute Gasteiger partial charge is 0.508 e. The summed E-state index contributed by atoms with van der Waals surface area (Å²) in [6.45, 7) is 19.8. The summed E-state index contributed by atoms with van der Waals surface area (Å²) in [5.74, 6) is -6.24. The number of carbonyl (C=O) groups is 10. The Labute approximate surface area is 616 Å². The maximum atomic E-state index is 14.6. The van der Waals surface area contributed by atoms with Gasteiger partial charge in [-0.25, -0.2) is 26.4 Å². The topological polar surface area (TPSA) is 399 Å². The first-order valence-electron chi connectivity index (χ1n) is 37.1. The van der Waals surface area contributed by atoms with Crippen molar-refractivity contribution in [3.63, 3.8) is 0 Å². The lowest BCUT2D eigenvalue weighted by Crippen LogP contribution is -2.63. The molecule has 2 saturated heterocycles. The van der Waals surface area contributed by atoms with Crippen molar-refractivity contribution in [3.8, 4) is 11.5 Å². The zero-order valence-corrected chi connectivity index (χ0v) is 63.9. The monoisotopic (exact) mass is 1490 g/mol. The van der Waals surface area contributed by atoms with Gasteiger partial charge in [0.2, 0.25) is 35.2 Å². The third-order valence-electron chi connectivity index (χ3n) is 23.5. The highest BCUT2D eigenvalue weighted by Crippen LogP contribution is 2.66. The van der Waals surface area contributed by atoms with Gasteiger partial charge < -0.3 is 63.0 Å². The molecule has 26 nitrogen and oxygen atoms in total. The van der Waals surface area contributed by atoms with Gasteiger partial charge in [0.25, 0.3) is 11.8 Å². The summed E-state index contributed by atoms with van der Waals surface area (Å²) in [5, 5.41) is 27.1. The maximum Gasteiger partial charge on any atom is 0.315 e. The van der Waals surface area contributed by atoms with Crippen molar-refractivity contribution in [2.45, 2.75) is 236 Å². The molecule has 0 bridgehead atoms. The molecule has 6 aliphatic carbocycles. The van der Waals surface area contributed by atoms with E-state index in [4.69, 9.17) is 16.2 Å². The van der Waals surface area contributed by atoms with Gasteiger partial charge in [0.05, 0.1) is 44.5 Å². The predicted octanol–water partition coefficient (Wildman–Crippen LogP) is 6.68. The second kappa shape index (κ2) is 30.6. The molecule has 28 heteroatoms. The lowest BCUT2D eigenvalue weighted by Gasteiger charge is -2.40. The Morgan fingerprint density at radius 2 is 0.924 bits per heavy atom. The fourth-order valence-corrected chi connectivity index (χ4v) is 20.6. The quantitative estimate of drug-likeness (QED) is 0.0359. The Morgan fingerprint density at radius 1 is 0.533 bits per heavy atom. The Morgan fingerprint density at radius 3 is 1.30 bits per heavy atom. The number of hydrogen-bond acceptors (Lipinski definition) is 16. The number of urea groups is 2. The third-order valence-corrected chi connectivity index (χ3v) is 27.3. The minimum atomic E-state index is -3.91. The van der Waals surface area contributed by atoms with Crippen molar-refractivity contribution in [1.82, 2.24) is 41.7 Å². The molecule has 4 unspecified atom stereocenters. The number of likely N-dealkylation sites (tertiary alicyclic amines) is 2. The molecule has 0 radical (unpaired) electrons. The van der Waals surface area contributed by atoms with Crippen molar-refractivity contribution in [1.29, 1.82) is 0 Å². The van der Waals surface area contributed by atoms with Crippen LogP contribution in [0.25, 0.3) is 0 Å². The molecule has 2 heterocycles. The van der Waals surface area contributed by atoms with Crippen LogP contribution in [0.15, 0.2) is 88.7 Å². The van der Waals surface area contributed by atoms with Gasteiger partial charge in [-0.1, -0.05) is 176 Å². The Bertz CT molecular complexity index is 4060. The van der Waals surface area contributed by atoms with Crippen LogP contribution < -0.4 is 48.1 Å². The number of Topliss-reactive ketones (excluding diaryl/α,β-unsaturated/α-hetero) is 2. The van der Waals surface area contributed by atoms with Crippen LogP contribution in [0, 0.1) is 57.2 Å². The first-order valence-corrected chi connectivity index (χ1v) is 40.5. The summed E-state index contributed by atoms with van der Waals surface area (Å²) in [5.41, 5.74) is 7.34. The molecule has 574 valence electrons. The van der Waals surface area contributed by atoms with Crippen molar-refractivity contribution in [2.24, 2.45) is 68.6 Å². The van der Waals surface area contributed by atoms with Gasteiger partial charge in [-0.05, 0) is 138 Å². The van der Waals surface area contributed by atoms with E-state index >= 15 is 0 Å². The van der Waals surface area contributed by atoms with E-state index in [1.54, 1.807) is 32.9 Å². The molecule has 3 aromatic rings. The van der Waals surface area contributed by atoms with E-state index in [9.17, 15) is 69.9 Å². The molecule has 0 spiro atoms. The Kier molecular flexibility index (Phi) is 23.2. The smallest absolute Gasteiger partial charge is 0.315 e. The third kappa shape index (κ3) is 18.6. The summed E-state index contributed by atoms with van der Waals surface area (Å²) < 4.78 is 60.9. The number of aromatic hydroxyl groups is 1. The number of carbonyl (C=O) groups excluding carboxylic acids is 10. The number of ether oxygens (including phenoxy) is 1. The van der Waals surface area contributed by atoms with Crippen molar-refractivity contribution in [3.05, 3.63) is 84.4 Å². The number of nitrogens with one attached hydrogen (secondary N) is 6. The molecule has 3 aromatic carbocycles. The summed E-state index contributed by atoms with van der Waals surface area (Å²) in [6.07, 6.45) is 10.6. The molecule has 105 heavy (non-hydrogen) atoms. The van der Waals surface area contributed by atoms with E-state index in [2.05, 4.69) is 31.9 Å². The van der Waals surface area contributed by atoms with E-state index in [0.29, 0.717) is 57.1 Å². The number of nitrogens with zero attached hydrogens (tertiary/aromatic N) is 2. The van der Waals surface area contributed by atoms with Gasteiger partial charge >= 0.3 is 12.1 Å². The highest BCUT2D eigenvalue weighted by atomic mass is 32.2. The van der Waals surface area contributed by atoms with Gasteiger partial charge in [-0.3, -0.25) is 38.4 Å². The SMILES string of the molecule is CC(C)(C)[C@H](NC(=O)NC1(CS(=O)(=O)c2cccc(O)c2)CCCCC1)C(=O)N1CC2[C@@H]([C@H]1C(=O)NC(CC1CC1)C(=O)C(N)=O)C2(C)C.CC(C)(C)[C@H](NC(=O)NC1(CS(=O)(=O)c2cccc(OCc3ccccc3)c2)CCCCC1)C(=O)N1CC2[C@@H]([C@H]1C(=O)NC(CC1CC1)C(=O)C(N)=O)C2(C)C. The number of primary amides is 2. The molecule has 10 atom stereocenters. The molecule has 2 aliphatic heterocycles. The zero-order chi connectivity index (χ0) is 76.7.